The van der Waals surface area contributed by atoms with Crippen molar-refractivity contribution < 1.29 is 0 Å². The van der Waals surface area contributed by atoms with Gasteiger partial charge < -0.3 is 5.32 Å². The maximum Gasteiger partial charge on any atom is 0.164 e. The van der Waals surface area contributed by atoms with Gasteiger partial charge in [0.15, 0.2) is 17.5 Å². The summed E-state index contributed by atoms with van der Waals surface area (Å²) in [4.78, 5) is 14.6. The van der Waals surface area contributed by atoms with Crippen LogP contribution in [0.25, 0.3) is 44.9 Å². The first-order valence-electron chi connectivity index (χ1n) is 10.5. The maximum atomic E-state index is 4.88. The summed E-state index contributed by atoms with van der Waals surface area (Å²) in [6.45, 7) is 5.94. The Hall–Kier alpha value is -4.31. The molecular formula is C28H22N4. The van der Waals surface area contributed by atoms with Crippen molar-refractivity contribution in [1.82, 2.24) is 15.0 Å². The molecule has 0 amide bonds. The molecular weight excluding hydrogens is 392 g/mol. The van der Waals surface area contributed by atoms with E-state index in [0.29, 0.717) is 17.5 Å². The number of benzene rings is 4. The molecule has 5 aromatic rings. The third-order valence-electron chi connectivity index (χ3n) is 5.21. The minimum Gasteiger partial charge on any atom is -0.359 e. The summed E-state index contributed by atoms with van der Waals surface area (Å²) in [6.07, 6.45) is 0. The van der Waals surface area contributed by atoms with Crippen molar-refractivity contribution in [3.8, 4) is 34.2 Å². The molecule has 1 N–H and O–H groups in total. The highest BCUT2D eigenvalue weighted by Gasteiger charge is 2.15. The average molecular weight is 415 g/mol. The van der Waals surface area contributed by atoms with Crippen molar-refractivity contribution in [2.75, 3.05) is 5.32 Å². The molecule has 4 aromatic carbocycles. The molecule has 0 aliphatic rings. The van der Waals surface area contributed by atoms with Crippen molar-refractivity contribution in [1.29, 1.82) is 0 Å². The lowest BCUT2D eigenvalue weighted by Gasteiger charge is -2.13. The second-order valence-corrected chi connectivity index (χ2v) is 7.65. The van der Waals surface area contributed by atoms with E-state index in [1.807, 2.05) is 79.7 Å². The molecule has 4 nitrogen and oxygen atoms in total. The first kappa shape index (κ1) is 19.6. The summed E-state index contributed by atoms with van der Waals surface area (Å²) in [6, 6.07) is 32.4. The molecule has 0 unspecified atom stereocenters. The lowest BCUT2D eigenvalue weighted by molar-refractivity contribution is 1.08. The van der Waals surface area contributed by atoms with E-state index in [9.17, 15) is 0 Å². The predicted molar refractivity (Wildman–Crippen MR) is 132 cm³/mol. The van der Waals surface area contributed by atoms with Crippen LogP contribution in [-0.4, -0.2) is 15.0 Å². The number of anilines is 1. The smallest absolute Gasteiger partial charge is 0.164 e. The molecule has 0 aliphatic carbocycles. The topological polar surface area (TPSA) is 50.7 Å². The Morgan fingerprint density at radius 1 is 0.594 bits per heavy atom. The number of hydrogen-bond donors (Lipinski definition) is 1. The van der Waals surface area contributed by atoms with Crippen LogP contribution < -0.4 is 5.32 Å². The monoisotopic (exact) mass is 414 g/mol. The number of aromatic nitrogens is 3. The molecule has 154 valence electrons. The van der Waals surface area contributed by atoms with Gasteiger partial charge in [-0.05, 0) is 24.4 Å². The fourth-order valence-corrected chi connectivity index (χ4v) is 3.76. The summed E-state index contributed by atoms with van der Waals surface area (Å²) in [7, 11) is 0. The first-order chi connectivity index (χ1) is 15.7. The predicted octanol–water partition coefficient (Wildman–Crippen LogP) is 6.97. The van der Waals surface area contributed by atoms with Gasteiger partial charge in [-0.15, -0.1) is 0 Å². The average Bonchev–Trinajstić information content (AvgIpc) is 2.85. The summed E-state index contributed by atoms with van der Waals surface area (Å²) < 4.78 is 0. The van der Waals surface area contributed by atoms with Crippen molar-refractivity contribution in [2.24, 2.45) is 0 Å². The summed E-state index contributed by atoms with van der Waals surface area (Å²) in [5.41, 5.74) is 4.78. The quantitative estimate of drug-likeness (QED) is 0.337. The van der Waals surface area contributed by atoms with E-state index >= 15 is 0 Å². The highest BCUT2D eigenvalue weighted by Crippen LogP contribution is 2.33. The fourth-order valence-electron chi connectivity index (χ4n) is 3.76. The number of fused-ring (bicyclic) bond motifs is 1. The Labute approximate surface area is 187 Å². The second kappa shape index (κ2) is 8.44. The van der Waals surface area contributed by atoms with Gasteiger partial charge >= 0.3 is 0 Å². The molecule has 5 rings (SSSR count). The number of nitrogens with one attached hydrogen (secondary N) is 1. The zero-order valence-electron chi connectivity index (χ0n) is 17.8. The minimum absolute atomic E-state index is 0.649. The molecule has 0 radical (unpaired) electrons. The highest BCUT2D eigenvalue weighted by atomic mass is 15.0. The molecule has 0 atom stereocenters. The van der Waals surface area contributed by atoms with Gasteiger partial charge in [0.1, 0.15) is 0 Å². The third kappa shape index (κ3) is 3.86. The van der Waals surface area contributed by atoms with Crippen LogP contribution in [0.15, 0.2) is 109 Å². The molecule has 0 saturated heterocycles. The number of hydrogen-bond acceptors (Lipinski definition) is 4. The van der Waals surface area contributed by atoms with Crippen LogP contribution in [0, 0.1) is 0 Å². The van der Waals surface area contributed by atoms with Gasteiger partial charge in [0.25, 0.3) is 0 Å². The van der Waals surface area contributed by atoms with E-state index in [2.05, 4.69) is 36.2 Å². The van der Waals surface area contributed by atoms with Gasteiger partial charge in [-0.1, -0.05) is 91.5 Å². The molecule has 1 aromatic heterocycles. The fraction of sp³-hybridized carbons (Fsp3) is 0.0357. The summed E-state index contributed by atoms with van der Waals surface area (Å²) >= 11 is 0. The molecule has 4 heteroatoms. The highest BCUT2D eigenvalue weighted by molar-refractivity contribution is 6.03. The Morgan fingerprint density at radius 2 is 1.09 bits per heavy atom. The number of nitrogens with zero attached hydrogens (tertiary/aromatic N) is 3. The van der Waals surface area contributed by atoms with Crippen LogP contribution in [0.1, 0.15) is 6.92 Å². The first-order valence-corrected chi connectivity index (χ1v) is 10.5. The maximum absolute atomic E-state index is 4.88. The lowest BCUT2D eigenvalue weighted by Crippen LogP contribution is -2.01. The standard InChI is InChI=1S/C28H22N4/c1-19(2)29-25-18-17-24(22-15-9-10-16-23(22)25)28-31-26(20-11-5-3-6-12-20)30-27(32-28)21-13-7-4-8-14-21/h3-18,29H,1H2,2H3. The zero-order valence-corrected chi connectivity index (χ0v) is 17.8. The van der Waals surface area contributed by atoms with Crippen molar-refractivity contribution in [3.63, 3.8) is 0 Å². The van der Waals surface area contributed by atoms with Crippen LogP contribution in [-0.2, 0) is 0 Å². The second-order valence-electron chi connectivity index (χ2n) is 7.65. The van der Waals surface area contributed by atoms with E-state index in [-0.39, 0.29) is 0 Å². The molecule has 0 bridgehead atoms. The van der Waals surface area contributed by atoms with E-state index < -0.39 is 0 Å². The van der Waals surface area contributed by atoms with E-state index in [4.69, 9.17) is 15.0 Å². The lowest BCUT2D eigenvalue weighted by atomic mass is 10.0. The Kier molecular flexibility index (Phi) is 5.18. The Bertz CT molecular complexity index is 1350. The van der Waals surface area contributed by atoms with E-state index in [0.717, 1.165) is 38.8 Å². The Morgan fingerprint density at radius 3 is 1.66 bits per heavy atom. The van der Waals surface area contributed by atoms with Gasteiger partial charge in [0, 0.05) is 33.5 Å². The van der Waals surface area contributed by atoms with Crippen molar-refractivity contribution in [2.45, 2.75) is 6.92 Å². The van der Waals surface area contributed by atoms with Crippen LogP contribution in [0.5, 0.6) is 0 Å². The van der Waals surface area contributed by atoms with Gasteiger partial charge in [-0.25, -0.2) is 15.0 Å². The number of allylic oxidation sites excluding steroid dienone is 1. The van der Waals surface area contributed by atoms with Gasteiger partial charge in [0.05, 0.1) is 0 Å². The third-order valence-corrected chi connectivity index (χ3v) is 5.21. The largest absolute Gasteiger partial charge is 0.359 e. The van der Waals surface area contributed by atoms with Gasteiger partial charge in [0.2, 0.25) is 0 Å². The van der Waals surface area contributed by atoms with Crippen LogP contribution >= 0.6 is 0 Å². The van der Waals surface area contributed by atoms with Crippen LogP contribution in [0.4, 0.5) is 5.69 Å². The van der Waals surface area contributed by atoms with Gasteiger partial charge in [-0.3, -0.25) is 0 Å². The molecule has 0 aliphatic heterocycles. The molecule has 0 saturated carbocycles. The zero-order chi connectivity index (χ0) is 21.9. The molecule has 32 heavy (non-hydrogen) atoms. The molecule has 1 heterocycles. The summed E-state index contributed by atoms with van der Waals surface area (Å²) in [5, 5.41) is 5.52. The number of rotatable bonds is 5. The normalized spacial score (nSPS) is 10.8. The van der Waals surface area contributed by atoms with E-state index in [1.165, 1.54) is 0 Å². The summed E-state index contributed by atoms with van der Waals surface area (Å²) in [5.74, 6) is 1.96. The van der Waals surface area contributed by atoms with E-state index in [1.54, 1.807) is 0 Å². The molecule has 0 spiro atoms. The Balaban J connectivity index is 1.75. The van der Waals surface area contributed by atoms with Gasteiger partial charge in [-0.2, -0.15) is 0 Å². The van der Waals surface area contributed by atoms with Crippen molar-refractivity contribution in [3.05, 3.63) is 109 Å². The van der Waals surface area contributed by atoms with Crippen LogP contribution in [0.2, 0.25) is 0 Å². The SMILES string of the molecule is C=C(C)Nc1ccc(-c2nc(-c3ccccc3)nc(-c3ccccc3)n2)c2ccccc12. The van der Waals surface area contributed by atoms with Crippen molar-refractivity contribution >= 4 is 16.5 Å². The molecule has 0 fully saturated rings. The van der Waals surface area contributed by atoms with Crippen LogP contribution in [0.3, 0.4) is 0 Å². The minimum atomic E-state index is 0.649.